The van der Waals surface area contributed by atoms with Crippen molar-refractivity contribution in [3.8, 4) is 11.4 Å². The molecular formula is C20H28N2O. The third-order valence-electron chi connectivity index (χ3n) is 4.62. The highest BCUT2D eigenvalue weighted by atomic mass is 16.1. The molecule has 0 bridgehead atoms. The minimum Gasteiger partial charge on any atom is -0.321 e. The van der Waals surface area contributed by atoms with Crippen LogP contribution in [0.15, 0.2) is 42.7 Å². The number of carbonyl (C=O) groups excluding carboxylic acids is 1. The van der Waals surface area contributed by atoms with E-state index in [1.807, 2.05) is 48.0 Å². The molecule has 124 valence electrons. The lowest BCUT2D eigenvalue weighted by Gasteiger charge is -2.19. The summed E-state index contributed by atoms with van der Waals surface area (Å²) in [4.78, 5) is 17.2. The number of benzene rings is 1. The molecule has 0 aliphatic carbocycles. The van der Waals surface area contributed by atoms with Gasteiger partial charge < -0.3 is 4.57 Å². The highest BCUT2D eigenvalue weighted by Gasteiger charge is 2.21. The molecule has 2 atom stereocenters. The Morgan fingerprint density at radius 3 is 2.61 bits per heavy atom. The van der Waals surface area contributed by atoms with Crippen molar-refractivity contribution in [2.75, 3.05) is 0 Å². The van der Waals surface area contributed by atoms with Crippen LogP contribution in [0.3, 0.4) is 0 Å². The SMILES string of the molecule is CCCCC(CC)CC(=O)C(C)n1ccnc1-c1ccccc1. The molecule has 2 unspecified atom stereocenters. The predicted octanol–water partition coefficient (Wildman–Crippen LogP) is 5.29. The van der Waals surface area contributed by atoms with Gasteiger partial charge in [0.05, 0.1) is 6.04 Å². The van der Waals surface area contributed by atoms with Crippen molar-refractivity contribution in [2.45, 2.75) is 58.9 Å². The second kappa shape index (κ2) is 8.66. The fourth-order valence-corrected chi connectivity index (χ4v) is 2.99. The Morgan fingerprint density at radius 2 is 1.96 bits per heavy atom. The van der Waals surface area contributed by atoms with Crippen LogP contribution >= 0.6 is 0 Å². The highest BCUT2D eigenvalue weighted by Crippen LogP contribution is 2.25. The number of imidazole rings is 1. The van der Waals surface area contributed by atoms with E-state index in [0.717, 1.165) is 24.2 Å². The maximum Gasteiger partial charge on any atom is 0.155 e. The lowest BCUT2D eigenvalue weighted by Crippen LogP contribution is -2.19. The lowest BCUT2D eigenvalue weighted by molar-refractivity contribution is -0.122. The molecule has 0 radical (unpaired) electrons. The molecule has 0 saturated carbocycles. The van der Waals surface area contributed by atoms with E-state index in [1.54, 1.807) is 6.20 Å². The molecule has 23 heavy (non-hydrogen) atoms. The zero-order valence-electron chi connectivity index (χ0n) is 14.5. The summed E-state index contributed by atoms with van der Waals surface area (Å²) < 4.78 is 2.00. The van der Waals surface area contributed by atoms with Gasteiger partial charge in [0.2, 0.25) is 0 Å². The zero-order chi connectivity index (χ0) is 16.7. The maximum atomic E-state index is 12.7. The topological polar surface area (TPSA) is 34.9 Å². The molecule has 1 aromatic carbocycles. The first-order chi connectivity index (χ1) is 11.2. The van der Waals surface area contributed by atoms with E-state index in [0.29, 0.717) is 18.1 Å². The van der Waals surface area contributed by atoms with Gasteiger partial charge in [0.15, 0.2) is 5.78 Å². The van der Waals surface area contributed by atoms with E-state index in [2.05, 4.69) is 18.8 Å². The molecule has 0 saturated heterocycles. The number of nitrogens with zero attached hydrogens (tertiary/aromatic N) is 2. The maximum absolute atomic E-state index is 12.7. The second-order valence-corrected chi connectivity index (χ2v) is 6.29. The minimum atomic E-state index is -0.164. The molecule has 0 amide bonds. The molecule has 2 rings (SSSR count). The number of rotatable bonds is 9. The number of hydrogen-bond acceptors (Lipinski definition) is 2. The molecule has 3 heteroatoms. The fraction of sp³-hybridized carbons (Fsp3) is 0.500. The van der Waals surface area contributed by atoms with Crippen LogP contribution in [-0.4, -0.2) is 15.3 Å². The molecule has 0 fully saturated rings. The third kappa shape index (κ3) is 4.54. The van der Waals surface area contributed by atoms with Gasteiger partial charge in [0, 0.05) is 24.4 Å². The van der Waals surface area contributed by atoms with Crippen molar-refractivity contribution < 1.29 is 4.79 Å². The standard InChI is InChI=1S/C20H28N2O/c1-4-6-10-17(5-2)15-19(23)16(3)22-14-13-21-20(22)18-11-8-7-9-12-18/h7-9,11-14,16-17H,4-6,10,15H2,1-3H3. The first-order valence-electron chi connectivity index (χ1n) is 8.78. The van der Waals surface area contributed by atoms with Gasteiger partial charge in [-0.05, 0) is 12.8 Å². The Kier molecular flexibility index (Phi) is 6.57. The Labute approximate surface area is 139 Å². The molecule has 0 aliphatic heterocycles. The fourth-order valence-electron chi connectivity index (χ4n) is 2.99. The number of ketones is 1. The van der Waals surface area contributed by atoms with Crippen LogP contribution in [-0.2, 0) is 4.79 Å². The summed E-state index contributed by atoms with van der Waals surface area (Å²) in [5, 5.41) is 0. The number of carbonyl (C=O) groups is 1. The molecule has 0 spiro atoms. The van der Waals surface area contributed by atoms with Crippen molar-refractivity contribution in [1.29, 1.82) is 0 Å². The minimum absolute atomic E-state index is 0.164. The van der Waals surface area contributed by atoms with E-state index >= 15 is 0 Å². The van der Waals surface area contributed by atoms with Crippen molar-refractivity contribution in [2.24, 2.45) is 5.92 Å². The van der Waals surface area contributed by atoms with E-state index in [-0.39, 0.29) is 6.04 Å². The van der Waals surface area contributed by atoms with Crippen molar-refractivity contribution in [1.82, 2.24) is 9.55 Å². The smallest absolute Gasteiger partial charge is 0.155 e. The van der Waals surface area contributed by atoms with Gasteiger partial charge in [0.1, 0.15) is 5.82 Å². The molecule has 0 aliphatic rings. The summed E-state index contributed by atoms with van der Waals surface area (Å²) in [6, 6.07) is 9.89. The molecular weight excluding hydrogens is 284 g/mol. The summed E-state index contributed by atoms with van der Waals surface area (Å²) in [6.45, 7) is 6.38. The van der Waals surface area contributed by atoms with Crippen LogP contribution in [0.5, 0.6) is 0 Å². The highest BCUT2D eigenvalue weighted by molar-refractivity contribution is 5.83. The van der Waals surface area contributed by atoms with Crippen LogP contribution in [0.2, 0.25) is 0 Å². The van der Waals surface area contributed by atoms with E-state index in [1.165, 1.54) is 12.8 Å². The quantitative estimate of drug-likeness (QED) is 0.631. The Morgan fingerprint density at radius 1 is 1.22 bits per heavy atom. The summed E-state index contributed by atoms with van der Waals surface area (Å²) in [5.74, 6) is 1.68. The Bertz CT molecular complexity index is 603. The van der Waals surface area contributed by atoms with E-state index in [9.17, 15) is 4.79 Å². The van der Waals surface area contributed by atoms with Gasteiger partial charge in [-0.25, -0.2) is 4.98 Å². The van der Waals surface area contributed by atoms with E-state index < -0.39 is 0 Å². The average molecular weight is 312 g/mol. The third-order valence-corrected chi connectivity index (χ3v) is 4.62. The first-order valence-corrected chi connectivity index (χ1v) is 8.78. The van der Waals surface area contributed by atoms with Crippen LogP contribution in [0.25, 0.3) is 11.4 Å². The summed E-state index contributed by atoms with van der Waals surface area (Å²) >= 11 is 0. The number of Topliss-reactive ketones (excluding diaryl/α,β-unsaturated/α-hetero) is 1. The van der Waals surface area contributed by atoms with Gasteiger partial charge in [0.25, 0.3) is 0 Å². The molecule has 1 aromatic heterocycles. The number of hydrogen-bond donors (Lipinski definition) is 0. The van der Waals surface area contributed by atoms with Crippen LogP contribution < -0.4 is 0 Å². The van der Waals surface area contributed by atoms with Gasteiger partial charge in [-0.2, -0.15) is 0 Å². The first kappa shape index (κ1) is 17.5. The van der Waals surface area contributed by atoms with Crippen molar-refractivity contribution >= 4 is 5.78 Å². The molecule has 0 N–H and O–H groups in total. The monoisotopic (exact) mass is 312 g/mol. The number of unbranched alkanes of at least 4 members (excludes halogenated alkanes) is 1. The second-order valence-electron chi connectivity index (χ2n) is 6.29. The van der Waals surface area contributed by atoms with Crippen LogP contribution in [0.1, 0.15) is 58.9 Å². The zero-order valence-corrected chi connectivity index (χ0v) is 14.5. The predicted molar refractivity (Wildman–Crippen MR) is 95.3 cm³/mol. The van der Waals surface area contributed by atoms with Crippen LogP contribution in [0, 0.1) is 5.92 Å². The van der Waals surface area contributed by atoms with Gasteiger partial charge in [-0.3, -0.25) is 4.79 Å². The summed E-state index contributed by atoms with van der Waals surface area (Å²) in [5.41, 5.74) is 1.05. The lowest BCUT2D eigenvalue weighted by atomic mass is 9.92. The van der Waals surface area contributed by atoms with Gasteiger partial charge in [-0.1, -0.05) is 69.9 Å². The molecule has 2 aromatic rings. The molecule has 1 heterocycles. The normalized spacial score (nSPS) is 13.7. The van der Waals surface area contributed by atoms with Crippen LogP contribution in [0.4, 0.5) is 0 Å². The Hall–Kier alpha value is -1.90. The largest absolute Gasteiger partial charge is 0.321 e. The Balaban J connectivity index is 2.10. The molecule has 3 nitrogen and oxygen atoms in total. The van der Waals surface area contributed by atoms with E-state index in [4.69, 9.17) is 0 Å². The van der Waals surface area contributed by atoms with Gasteiger partial charge >= 0.3 is 0 Å². The average Bonchev–Trinajstić information content (AvgIpc) is 3.08. The van der Waals surface area contributed by atoms with Crippen molar-refractivity contribution in [3.63, 3.8) is 0 Å². The van der Waals surface area contributed by atoms with Crippen molar-refractivity contribution in [3.05, 3.63) is 42.7 Å². The summed E-state index contributed by atoms with van der Waals surface area (Å²) in [6.07, 6.45) is 9.00. The number of aromatic nitrogens is 2. The van der Waals surface area contributed by atoms with Gasteiger partial charge in [-0.15, -0.1) is 0 Å². The summed E-state index contributed by atoms with van der Waals surface area (Å²) in [7, 11) is 0.